The van der Waals surface area contributed by atoms with Gasteiger partial charge in [0.15, 0.2) is 0 Å². The minimum absolute atomic E-state index is 1.12. The van der Waals surface area contributed by atoms with E-state index < -0.39 is 0 Å². The smallest absolute Gasteiger partial charge is 0.0575 e. The van der Waals surface area contributed by atoms with Gasteiger partial charge in [-0.1, -0.05) is 109 Å². The number of fused-ring (bicyclic) bond motifs is 5. The van der Waals surface area contributed by atoms with Gasteiger partial charge >= 0.3 is 0 Å². The van der Waals surface area contributed by atoms with Crippen LogP contribution in [0.15, 0.2) is 170 Å². The van der Waals surface area contributed by atoms with Gasteiger partial charge in [0.25, 0.3) is 0 Å². The van der Waals surface area contributed by atoms with Crippen LogP contribution < -0.4 is 9.80 Å². The fourth-order valence-electron chi connectivity index (χ4n) is 6.09. The van der Waals surface area contributed by atoms with E-state index in [2.05, 4.69) is 180 Å². The Labute approximate surface area is 255 Å². The standard InChI is InChI=1S/C40H28N2S/c1-5-16-30(17-6-1)41(31-18-7-2-8-19-31)34-27-37(42(32-20-9-3-10-21-32)33-22-11-4-12-23-33)39-36-26-25-29-15-13-14-24-35(29)40(36)43-38(39)28-34/h1-28H. The highest BCUT2D eigenvalue weighted by Crippen LogP contribution is 2.49. The minimum atomic E-state index is 1.12. The molecule has 0 saturated carbocycles. The number of para-hydroxylation sites is 4. The van der Waals surface area contributed by atoms with Gasteiger partial charge in [-0.25, -0.2) is 0 Å². The Bertz CT molecular complexity index is 2090. The van der Waals surface area contributed by atoms with Crippen molar-refractivity contribution in [1.29, 1.82) is 0 Å². The molecule has 0 unspecified atom stereocenters. The maximum absolute atomic E-state index is 2.40. The van der Waals surface area contributed by atoms with E-state index in [4.69, 9.17) is 0 Å². The van der Waals surface area contributed by atoms with Crippen LogP contribution in [0.5, 0.6) is 0 Å². The van der Waals surface area contributed by atoms with Gasteiger partial charge in [-0.15, -0.1) is 11.3 Å². The summed E-state index contributed by atoms with van der Waals surface area (Å²) in [6, 6.07) is 60.7. The lowest BCUT2D eigenvalue weighted by Crippen LogP contribution is -2.13. The molecular weight excluding hydrogens is 541 g/mol. The van der Waals surface area contributed by atoms with E-state index in [0.717, 1.165) is 34.1 Å². The maximum atomic E-state index is 2.40. The van der Waals surface area contributed by atoms with Crippen LogP contribution in [0.1, 0.15) is 0 Å². The molecule has 0 N–H and O–H groups in total. The molecule has 0 fully saturated rings. The first kappa shape index (κ1) is 25.3. The van der Waals surface area contributed by atoms with Crippen LogP contribution in [-0.2, 0) is 0 Å². The first-order chi connectivity index (χ1) is 21.3. The molecule has 1 heterocycles. The zero-order valence-electron chi connectivity index (χ0n) is 23.5. The zero-order valence-corrected chi connectivity index (χ0v) is 24.3. The third-order valence-electron chi connectivity index (χ3n) is 7.98. The second-order valence-electron chi connectivity index (χ2n) is 10.6. The van der Waals surface area contributed by atoms with Gasteiger partial charge in [-0.05, 0) is 71.4 Å². The largest absolute Gasteiger partial charge is 0.310 e. The quantitative estimate of drug-likeness (QED) is 0.197. The Morgan fingerprint density at radius 1 is 0.372 bits per heavy atom. The molecule has 0 aliphatic carbocycles. The summed E-state index contributed by atoms with van der Waals surface area (Å²) in [6.07, 6.45) is 0. The van der Waals surface area contributed by atoms with Crippen molar-refractivity contribution in [1.82, 2.24) is 0 Å². The summed E-state index contributed by atoms with van der Waals surface area (Å²) in [7, 11) is 0. The van der Waals surface area contributed by atoms with Crippen molar-refractivity contribution in [2.24, 2.45) is 0 Å². The fraction of sp³-hybridized carbons (Fsp3) is 0. The molecule has 0 atom stereocenters. The van der Waals surface area contributed by atoms with Crippen LogP contribution in [0.2, 0.25) is 0 Å². The third kappa shape index (κ3) is 4.51. The Morgan fingerprint density at radius 2 is 0.860 bits per heavy atom. The highest BCUT2D eigenvalue weighted by Gasteiger charge is 2.23. The number of benzene rings is 7. The van der Waals surface area contributed by atoms with Crippen LogP contribution in [0.25, 0.3) is 30.9 Å². The Balaban J connectivity index is 1.50. The normalized spacial score (nSPS) is 11.3. The molecule has 0 saturated heterocycles. The first-order valence-corrected chi connectivity index (χ1v) is 15.4. The monoisotopic (exact) mass is 568 g/mol. The van der Waals surface area contributed by atoms with Crippen molar-refractivity contribution in [2.45, 2.75) is 0 Å². The van der Waals surface area contributed by atoms with Crippen LogP contribution in [0.4, 0.5) is 34.1 Å². The van der Waals surface area contributed by atoms with Crippen molar-refractivity contribution in [3.63, 3.8) is 0 Å². The number of hydrogen-bond acceptors (Lipinski definition) is 3. The number of thiophene rings is 1. The number of rotatable bonds is 6. The lowest BCUT2D eigenvalue weighted by atomic mass is 10.0. The molecule has 0 amide bonds. The second kappa shape index (κ2) is 10.8. The molecule has 204 valence electrons. The number of nitrogens with zero attached hydrogens (tertiary/aromatic N) is 2. The van der Waals surface area contributed by atoms with Gasteiger partial charge in [0, 0.05) is 48.6 Å². The number of anilines is 6. The molecule has 3 heteroatoms. The van der Waals surface area contributed by atoms with E-state index in [1.807, 2.05) is 11.3 Å². The molecule has 8 aromatic rings. The van der Waals surface area contributed by atoms with Crippen LogP contribution in [0.3, 0.4) is 0 Å². The summed E-state index contributed by atoms with van der Waals surface area (Å²) in [5, 5.41) is 5.11. The van der Waals surface area contributed by atoms with Gasteiger partial charge in [0.05, 0.1) is 5.69 Å². The van der Waals surface area contributed by atoms with Crippen molar-refractivity contribution in [2.75, 3.05) is 9.80 Å². The Morgan fingerprint density at radius 3 is 1.42 bits per heavy atom. The highest BCUT2D eigenvalue weighted by atomic mass is 32.1. The van der Waals surface area contributed by atoms with Crippen molar-refractivity contribution >= 4 is 76.4 Å². The van der Waals surface area contributed by atoms with Crippen molar-refractivity contribution in [3.8, 4) is 0 Å². The van der Waals surface area contributed by atoms with E-state index in [-0.39, 0.29) is 0 Å². The SMILES string of the molecule is c1ccc(N(c2ccccc2)c2cc(N(c3ccccc3)c3ccccc3)c3c(c2)sc2c4ccccc4ccc23)cc1. The van der Waals surface area contributed by atoms with E-state index in [0.29, 0.717) is 0 Å². The maximum Gasteiger partial charge on any atom is 0.0575 e. The summed E-state index contributed by atoms with van der Waals surface area (Å²) in [5.41, 5.74) is 6.76. The lowest BCUT2D eigenvalue weighted by molar-refractivity contribution is 1.26. The van der Waals surface area contributed by atoms with E-state index in [1.54, 1.807) is 0 Å². The molecule has 1 aromatic heterocycles. The molecule has 0 radical (unpaired) electrons. The van der Waals surface area contributed by atoms with Crippen LogP contribution in [0, 0.1) is 0 Å². The van der Waals surface area contributed by atoms with Crippen LogP contribution >= 0.6 is 11.3 Å². The molecule has 0 aliphatic rings. The average Bonchev–Trinajstić information content (AvgIpc) is 3.46. The summed E-state index contributed by atoms with van der Waals surface area (Å²) in [6.45, 7) is 0. The molecular formula is C40H28N2S. The number of hydrogen-bond donors (Lipinski definition) is 0. The third-order valence-corrected chi connectivity index (χ3v) is 9.17. The van der Waals surface area contributed by atoms with Crippen LogP contribution in [-0.4, -0.2) is 0 Å². The zero-order chi connectivity index (χ0) is 28.6. The summed E-state index contributed by atoms with van der Waals surface area (Å²) >= 11 is 1.88. The molecule has 0 bridgehead atoms. The van der Waals surface area contributed by atoms with E-state index in [9.17, 15) is 0 Å². The molecule has 7 aromatic carbocycles. The predicted octanol–water partition coefficient (Wildman–Crippen LogP) is 12.1. The molecule has 0 aliphatic heterocycles. The van der Waals surface area contributed by atoms with Crippen molar-refractivity contribution < 1.29 is 0 Å². The second-order valence-corrected chi connectivity index (χ2v) is 11.7. The molecule has 0 spiro atoms. The highest BCUT2D eigenvalue weighted by molar-refractivity contribution is 7.26. The molecule has 43 heavy (non-hydrogen) atoms. The summed E-state index contributed by atoms with van der Waals surface area (Å²) in [5.74, 6) is 0. The van der Waals surface area contributed by atoms with E-state index in [1.165, 1.54) is 30.9 Å². The Hall–Kier alpha value is -5.38. The average molecular weight is 569 g/mol. The predicted molar refractivity (Wildman–Crippen MR) is 186 cm³/mol. The Kier molecular flexibility index (Phi) is 6.36. The van der Waals surface area contributed by atoms with Gasteiger partial charge < -0.3 is 9.80 Å². The van der Waals surface area contributed by atoms with E-state index >= 15 is 0 Å². The van der Waals surface area contributed by atoms with Gasteiger partial charge in [-0.2, -0.15) is 0 Å². The summed E-state index contributed by atoms with van der Waals surface area (Å²) in [4.78, 5) is 4.76. The molecule has 2 nitrogen and oxygen atoms in total. The first-order valence-electron chi connectivity index (χ1n) is 14.5. The summed E-state index contributed by atoms with van der Waals surface area (Å²) < 4.78 is 2.58. The fourth-order valence-corrected chi connectivity index (χ4v) is 7.38. The van der Waals surface area contributed by atoms with Gasteiger partial charge in [-0.3, -0.25) is 0 Å². The lowest BCUT2D eigenvalue weighted by Gasteiger charge is -2.30. The van der Waals surface area contributed by atoms with Crippen molar-refractivity contribution in [3.05, 3.63) is 170 Å². The minimum Gasteiger partial charge on any atom is -0.310 e. The topological polar surface area (TPSA) is 6.48 Å². The van der Waals surface area contributed by atoms with Gasteiger partial charge in [0.2, 0.25) is 0 Å². The van der Waals surface area contributed by atoms with Gasteiger partial charge in [0.1, 0.15) is 0 Å². The molecule has 8 rings (SSSR count).